The second-order valence-electron chi connectivity index (χ2n) is 2.74. The predicted octanol–water partition coefficient (Wildman–Crippen LogP) is -0.533. The lowest BCUT2D eigenvalue weighted by Gasteiger charge is -2.12. The van der Waals surface area contributed by atoms with Gasteiger partial charge in [-0.25, -0.2) is 0 Å². The molecule has 0 radical (unpaired) electrons. The van der Waals surface area contributed by atoms with Crippen LogP contribution in [0.25, 0.3) is 0 Å². The van der Waals surface area contributed by atoms with E-state index in [-0.39, 0.29) is 17.5 Å². The third-order valence-electron chi connectivity index (χ3n) is 1.86. The van der Waals surface area contributed by atoms with E-state index >= 15 is 0 Å². The number of rotatable bonds is 0. The lowest BCUT2D eigenvalue weighted by Crippen LogP contribution is -2.27. The van der Waals surface area contributed by atoms with Gasteiger partial charge in [-0.15, -0.1) is 0 Å². The molecular formula is C6H8FN5O. The molecule has 13 heavy (non-hydrogen) atoms. The first-order chi connectivity index (χ1) is 6.09. The molecule has 1 aliphatic rings. The summed E-state index contributed by atoms with van der Waals surface area (Å²) in [5.74, 6) is 0.209. The fraction of sp³-hybridized carbons (Fsp3) is 0.333. The molecule has 1 aromatic rings. The fourth-order valence-electron chi connectivity index (χ4n) is 1.19. The summed E-state index contributed by atoms with van der Waals surface area (Å²) in [4.78, 5) is 18.4. The average molecular weight is 185 g/mol. The zero-order valence-corrected chi connectivity index (χ0v) is 6.84. The van der Waals surface area contributed by atoms with Crippen molar-refractivity contribution in [3.63, 3.8) is 0 Å². The van der Waals surface area contributed by atoms with E-state index < -0.39 is 12.0 Å². The number of nitrogen functional groups attached to an aromatic ring is 1. The van der Waals surface area contributed by atoms with Crippen LogP contribution in [0.15, 0.2) is 4.79 Å². The highest BCUT2D eigenvalue weighted by atomic mass is 19.1. The average Bonchev–Trinajstić information content (AvgIpc) is 2.32. The van der Waals surface area contributed by atoms with Gasteiger partial charge in [-0.2, -0.15) is 9.37 Å². The maximum Gasteiger partial charge on any atom is 0.278 e. The Morgan fingerprint density at radius 3 is 3.08 bits per heavy atom. The number of hydrogen-bond acceptors (Lipinski definition) is 5. The van der Waals surface area contributed by atoms with E-state index in [4.69, 9.17) is 5.73 Å². The Morgan fingerprint density at radius 2 is 2.38 bits per heavy atom. The molecule has 2 rings (SSSR count). The van der Waals surface area contributed by atoms with Gasteiger partial charge >= 0.3 is 0 Å². The van der Waals surface area contributed by atoms with Crippen molar-refractivity contribution in [2.75, 3.05) is 23.0 Å². The first-order valence-electron chi connectivity index (χ1n) is 3.63. The predicted molar refractivity (Wildman–Crippen MR) is 46.2 cm³/mol. The molecule has 0 bridgehead atoms. The van der Waals surface area contributed by atoms with Gasteiger partial charge in [0.05, 0.1) is 0 Å². The summed E-state index contributed by atoms with van der Waals surface area (Å²) in [6.45, 7) is 0. The van der Waals surface area contributed by atoms with Crippen LogP contribution in [0.5, 0.6) is 0 Å². The first kappa shape index (κ1) is 7.84. The number of nitrogens with zero attached hydrogens (tertiary/aromatic N) is 2. The minimum absolute atomic E-state index is 0.0218. The molecule has 0 saturated carbocycles. The minimum Gasteiger partial charge on any atom is -0.369 e. The Hall–Kier alpha value is -1.79. The molecule has 0 aliphatic carbocycles. The van der Waals surface area contributed by atoms with E-state index in [1.165, 1.54) is 11.9 Å². The summed E-state index contributed by atoms with van der Waals surface area (Å²) in [6, 6.07) is 0. The number of anilines is 3. The van der Waals surface area contributed by atoms with E-state index in [0.29, 0.717) is 0 Å². The van der Waals surface area contributed by atoms with Gasteiger partial charge in [-0.1, -0.05) is 0 Å². The van der Waals surface area contributed by atoms with Gasteiger partial charge in [-0.3, -0.25) is 9.78 Å². The van der Waals surface area contributed by atoms with E-state index in [0.717, 1.165) is 0 Å². The molecule has 1 atom stereocenters. The standard InChI is InChI=1S/C6H8FN5O/c1-12-3-2(9-5(12)7)4(13)11-6(8)10-3/h5,9H,1H3,(H3,8,10,11,13). The summed E-state index contributed by atoms with van der Waals surface area (Å²) < 4.78 is 13.0. The van der Waals surface area contributed by atoms with Crippen LogP contribution in [-0.2, 0) is 0 Å². The smallest absolute Gasteiger partial charge is 0.278 e. The number of fused-ring (bicyclic) bond motifs is 1. The topological polar surface area (TPSA) is 87.0 Å². The van der Waals surface area contributed by atoms with Gasteiger partial charge in [0.1, 0.15) is 5.69 Å². The summed E-state index contributed by atoms with van der Waals surface area (Å²) in [5.41, 5.74) is 4.95. The van der Waals surface area contributed by atoms with Crippen molar-refractivity contribution in [1.29, 1.82) is 0 Å². The summed E-state index contributed by atoms with van der Waals surface area (Å²) in [6.07, 6.45) is -1.43. The second kappa shape index (κ2) is 2.35. The summed E-state index contributed by atoms with van der Waals surface area (Å²) in [7, 11) is 1.48. The van der Waals surface area contributed by atoms with Gasteiger partial charge in [0.15, 0.2) is 5.82 Å². The van der Waals surface area contributed by atoms with Crippen molar-refractivity contribution < 1.29 is 4.39 Å². The third kappa shape index (κ3) is 1.00. The largest absolute Gasteiger partial charge is 0.369 e. The lowest BCUT2D eigenvalue weighted by atomic mass is 10.5. The number of aromatic nitrogens is 2. The molecule has 7 heteroatoms. The SMILES string of the molecule is CN1c2nc(N)[nH]c(=O)c2NC1F. The summed E-state index contributed by atoms with van der Waals surface area (Å²) in [5, 5.41) is 2.34. The number of nitrogens with one attached hydrogen (secondary N) is 2. The quantitative estimate of drug-likeness (QED) is 0.473. The van der Waals surface area contributed by atoms with Crippen molar-refractivity contribution in [2.24, 2.45) is 0 Å². The van der Waals surface area contributed by atoms with Gasteiger partial charge < -0.3 is 16.0 Å². The molecule has 0 saturated heterocycles. The maximum atomic E-state index is 13.0. The van der Waals surface area contributed by atoms with Crippen LogP contribution >= 0.6 is 0 Å². The molecule has 1 unspecified atom stereocenters. The Kier molecular flexibility index (Phi) is 1.42. The molecule has 6 nitrogen and oxygen atoms in total. The fourth-order valence-corrected chi connectivity index (χ4v) is 1.19. The monoisotopic (exact) mass is 185 g/mol. The van der Waals surface area contributed by atoms with Gasteiger partial charge in [0.25, 0.3) is 5.56 Å². The molecule has 0 fully saturated rings. The second-order valence-corrected chi connectivity index (χ2v) is 2.74. The Labute approximate surface area is 72.6 Å². The minimum atomic E-state index is -1.43. The van der Waals surface area contributed by atoms with Crippen molar-refractivity contribution in [3.05, 3.63) is 10.4 Å². The van der Waals surface area contributed by atoms with Gasteiger partial charge in [-0.05, 0) is 0 Å². The lowest BCUT2D eigenvalue weighted by molar-refractivity contribution is 0.378. The number of H-pyrrole nitrogens is 1. The zero-order chi connectivity index (χ0) is 9.59. The van der Waals surface area contributed by atoms with Gasteiger partial charge in [0.2, 0.25) is 12.4 Å². The number of nitrogens with two attached hydrogens (primary N) is 1. The van der Waals surface area contributed by atoms with Crippen LogP contribution in [0.2, 0.25) is 0 Å². The molecule has 1 aliphatic heterocycles. The van der Waals surface area contributed by atoms with Gasteiger partial charge in [0, 0.05) is 7.05 Å². The van der Waals surface area contributed by atoms with Crippen LogP contribution in [0, 0.1) is 0 Å². The van der Waals surface area contributed by atoms with E-state index in [1.54, 1.807) is 0 Å². The van der Waals surface area contributed by atoms with Crippen LogP contribution in [-0.4, -0.2) is 23.4 Å². The van der Waals surface area contributed by atoms with Crippen molar-refractivity contribution >= 4 is 17.5 Å². The normalized spacial score (nSPS) is 19.8. The third-order valence-corrected chi connectivity index (χ3v) is 1.86. The van der Waals surface area contributed by atoms with E-state index in [9.17, 15) is 9.18 Å². The highest BCUT2D eigenvalue weighted by Crippen LogP contribution is 2.28. The maximum absolute atomic E-state index is 13.0. The first-order valence-corrected chi connectivity index (χ1v) is 3.63. The summed E-state index contributed by atoms with van der Waals surface area (Å²) >= 11 is 0. The van der Waals surface area contributed by atoms with E-state index in [1.807, 2.05) is 0 Å². The Bertz CT molecular complexity index is 403. The zero-order valence-electron chi connectivity index (χ0n) is 6.84. The molecule has 0 amide bonds. The highest BCUT2D eigenvalue weighted by Gasteiger charge is 2.29. The molecule has 0 spiro atoms. The molecule has 70 valence electrons. The number of halogens is 1. The number of alkyl halides is 1. The molecule has 4 N–H and O–H groups in total. The highest BCUT2D eigenvalue weighted by molar-refractivity contribution is 5.70. The number of aromatic amines is 1. The van der Waals surface area contributed by atoms with Crippen LogP contribution in [0.1, 0.15) is 0 Å². The van der Waals surface area contributed by atoms with Crippen LogP contribution in [0.3, 0.4) is 0 Å². The van der Waals surface area contributed by atoms with E-state index in [2.05, 4.69) is 15.3 Å². The van der Waals surface area contributed by atoms with Crippen molar-refractivity contribution in [3.8, 4) is 0 Å². The molecule has 1 aromatic heterocycles. The number of hydrogen-bond donors (Lipinski definition) is 3. The molecular weight excluding hydrogens is 177 g/mol. The Morgan fingerprint density at radius 1 is 1.69 bits per heavy atom. The molecule has 2 heterocycles. The molecule has 0 aromatic carbocycles. The van der Waals surface area contributed by atoms with Crippen LogP contribution < -0.4 is 21.5 Å². The Balaban J connectivity index is 2.64. The van der Waals surface area contributed by atoms with Crippen molar-refractivity contribution in [1.82, 2.24) is 9.97 Å². The van der Waals surface area contributed by atoms with Crippen LogP contribution in [0.4, 0.5) is 21.8 Å². The van der Waals surface area contributed by atoms with Crippen molar-refractivity contribution in [2.45, 2.75) is 6.42 Å².